The van der Waals surface area contributed by atoms with Gasteiger partial charge in [0.25, 0.3) is 5.91 Å². The molecule has 1 aromatic carbocycles. The van der Waals surface area contributed by atoms with Crippen molar-refractivity contribution in [3.63, 3.8) is 0 Å². The largest absolute Gasteiger partial charge is 0.465 e. The average molecular weight is 358 g/mol. The molecule has 1 aliphatic heterocycles. The van der Waals surface area contributed by atoms with Gasteiger partial charge >= 0.3 is 6.09 Å². The fourth-order valence-corrected chi connectivity index (χ4v) is 3.28. The topological polar surface area (TPSA) is 119 Å². The van der Waals surface area contributed by atoms with Crippen LogP contribution >= 0.6 is 0 Å². The molecule has 3 aromatic rings. The molecule has 26 heavy (non-hydrogen) atoms. The number of aromatic nitrogens is 4. The highest BCUT2D eigenvalue weighted by Gasteiger charge is 2.29. The number of benzene rings is 1. The van der Waals surface area contributed by atoms with Gasteiger partial charge in [0.2, 0.25) is 0 Å². The van der Waals surface area contributed by atoms with Crippen molar-refractivity contribution in [2.75, 3.05) is 6.54 Å². The molecule has 0 saturated heterocycles. The number of carboxylic acid groups (broad SMARTS) is 1. The fourth-order valence-electron chi connectivity index (χ4n) is 3.28. The summed E-state index contributed by atoms with van der Waals surface area (Å²) in [6.07, 6.45) is 0.337. The molecule has 0 saturated carbocycles. The summed E-state index contributed by atoms with van der Waals surface area (Å²) in [7, 11) is 1.68. The Morgan fingerprint density at radius 3 is 2.77 bits per heavy atom. The third-order valence-corrected chi connectivity index (χ3v) is 4.59. The van der Waals surface area contributed by atoms with Gasteiger partial charge in [-0.15, -0.1) is 0 Å². The zero-order chi connectivity index (χ0) is 18.6. The maximum Gasteiger partial charge on any atom is 0.407 e. The first-order valence-corrected chi connectivity index (χ1v) is 7.85. The van der Waals surface area contributed by atoms with E-state index in [1.807, 2.05) is 0 Å². The zero-order valence-electron chi connectivity index (χ0n) is 13.8. The van der Waals surface area contributed by atoms with Crippen LogP contribution in [0.25, 0.3) is 22.2 Å². The summed E-state index contributed by atoms with van der Waals surface area (Å²) in [6, 6.07) is 2.96. The molecular formula is C16H15FN6O3. The predicted octanol–water partition coefficient (Wildman–Crippen LogP) is 1.17. The number of nitrogens with zero attached hydrogens (tertiary/aromatic N) is 5. The maximum absolute atomic E-state index is 14.4. The summed E-state index contributed by atoms with van der Waals surface area (Å²) < 4.78 is 17.5. The van der Waals surface area contributed by atoms with Gasteiger partial charge < -0.3 is 15.7 Å². The van der Waals surface area contributed by atoms with Crippen molar-refractivity contribution in [2.45, 2.75) is 13.1 Å². The number of amides is 2. The van der Waals surface area contributed by atoms with Gasteiger partial charge in [-0.3, -0.25) is 14.2 Å². The molecule has 0 aliphatic carbocycles. The average Bonchev–Trinajstić information content (AvgIpc) is 3.15. The Morgan fingerprint density at radius 1 is 1.31 bits per heavy atom. The van der Waals surface area contributed by atoms with Crippen molar-refractivity contribution in [3.05, 3.63) is 35.4 Å². The molecule has 3 N–H and O–H groups in total. The van der Waals surface area contributed by atoms with Gasteiger partial charge in [-0.1, -0.05) is 0 Å². The molecule has 0 radical (unpaired) electrons. The smallest absolute Gasteiger partial charge is 0.407 e. The molecule has 2 aromatic heterocycles. The number of fused-ring (bicyclic) bond motifs is 2. The molecule has 9 nitrogen and oxygen atoms in total. The highest BCUT2D eigenvalue weighted by atomic mass is 19.1. The van der Waals surface area contributed by atoms with E-state index < -0.39 is 17.8 Å². The molecule has 0 spiro atoms. The van der Waals surface area contributed by atoms with Crippen LogP contribution in [0.3, 0.4) is 0 Å². The minimum atomic E-state index is -1.09. The van der Waals surface area contributed by atoms with E-state index in [0.717, 1.165) is 0 Å². The second-order valence-corrected chi connectivity index (χ2v) is 6.12. The van der Waals surface area contributed by atoms with E-state index in [2.05, 4.69) is 10.2 Å². The number of rotatable bonds is 2. The standard InChI is InChI=1S/C16H15FN6O3/c1-21-11-5-8(4-10(17)9(11)6-19-21)14-13(15(18)24)12-7-22(16(25)26)2-3-23(12)20-14/h4-6H,2-3,7H2,1H3,(H2,18,24)(H,25,26). The lowest BCUT2D eigenvalue weighted by Crippen LogP contribution is -2.38. The van der Waals surface area contributed by atoms with E-state index in [9.17, 15) is 19.1 Å². The van der Waals surface area contributed by atoms with E-state index >= 15 is 0 Å². The van der Waals surface area contributed by atoms with E-state index in [1.165, 1.54) is 21.8 Å². The Balaban J connectivity index is 1.92. The van der Waals surface area contributed by atoms with Crippen LogP contribution in [0.5, 0.6) is 0 Å². The van der Waals surface area contributed by atoms with Crippen LogP contribution in [0.4, 0.5) is 9.18 Å². The van der Waals surface area contributed by atoms with E-state index in [4.69, 9.17) is 5.73 Å². The molecule has 2 amide bonds. The van der Waals surface area contributed by atoms with Gasteiger partial charge in [-0.05, 0) is 12.1 Å². The quantitative estimate of drug-likeness (QED) is 0.713. The van der Waals surface area contributed by atoms with E-state index in [1.54, 1.807) is 17.8 Å². The van der Waals surface area contributed by atoms with Crippen molar-refractivity contribution >= 4 is 22.9 Å². The van der Waals surface area contributed by atoms with Crippen LogP contribution in [-0.4, -0.2) is 48.1 Å². The minimum absolute atomic E-state index is 0.00293. The summed E-state index contributed by atoms with van der Waals surface area (Å²) in [6.45, 7) is 0.534. The maximum atomic E-state index is 14.4. The van der Waals surface area contributed by atoms with Crippen molar-refractivity contribution in [3.8, 4) is 11.3 Å². The van der Waals surface area contributed by atoms with Crippen molar-refractivity contribution in [1.29, 1.82) is 0 Å². The highest BCUT2D eigenvalue weighted by Crippen LogP contribution is 2.31. The SMILES string of the molecule is Cn1ncc2c(F)cc(-c3nn4c(c3C(N)=O)CN(C(=O)O)CC4)cc21. The minimum Gasteiger partial charge on any atom is -0.465 e. The van der Waals surface area contributed by atoms with Crippen LogP contribution in [0.2, 0.25) is 0 Å². The monoisotopic (exact) mass is 358 g/mol. The van der Waals surface area contributed by atoms with Crippen LogP contribution < -0.4 is 5.73 Å². The lowest BCUT2D eigenvalue weighted by atomic mass is 10.0. The second-order valence-electron chi connectivity index (χ2n) is 6.12. The number of aryl methyl sites for hydroxylation is 1. The molecule has 0 atom stereocenters. The predicted molar refractivity (Wildman–Crippen MR) is 88.8 cm³/mol. The first kappa shape index (κ1) is 16.1. The number of hydrogen-bond donors (Lipinski definition) is 2. The number of nitrogens with two attached hydrogens (primary N) is 1. The summed E-state index contributed by atoms with van der Waals surface area (Å²) >= 11 is 0. The first-order valence-electron chi connectivity index (χ1n) is 7.85. The molecule has 0 fully saturated rings. The van der Waals surface area contributed by atoms with Crippen LogP contribution in [-0.2, 0) is 20.1 Å². The Morgan fingerprint density at radius 2 is 2.08 bits per heavy atom. The van der Waals surface area contributed by atoms with Gasteiger partial charge in [-0.2, -0.15) is 10.2 Å². The summed E-state index contributed by atoms with van der Waals surface area (Å²) in [4.78, 5) is 24.5. The summed E-state index contributed by atoms with van der Waals surface area (Å²) in [5.41, 5.74) is 7.22. The van der Waals surface area contributed by atoms with E-state index in [-0.39, 0.29) is 24.3 Å². The van der Waals surface area contributed by atoms with Crippen molar-refractivity contribution in [1.82, 2.24) is 24.5 Å². The summed E-state index contributed by atoms with van der Waals surface area (Å²) in [5.74, 6) is -1.22. The van der Waals surface area contributed by atoms with Crippen molar-refractivity contribution in [2.24, 2.45) is 12.8 Å². The van der Waals surface area contributed by atoms with E-state index in [0.29, 0.717) is 28.7 Å². The zero-order valence-corrected chi connectivity index (χ0v) is 13.8. The number of carbonyl (C=O) groups excluding carboxylic acids is 1. The second kappa shape index (κ2) is 5.55. The van der Waals surface area contributed by atoms with Gasteiger partial charge in [0.1, 0.15) is 11.5 Å². The van der Waals surface area contributed by atoms with Gasteiger partial charge in [0, 0.05) is 19.2 Å². The molecule has 10 heteroatoms. The molecule has 0 unspecified atom stereocenters. The normalized spacial score (nSPS) is 13.8. The Labute approximate surface area is 146 Å². The number of carbonyl (C=O) groups is 2. The lowest BCUT2D eigenvalue weighted by molar-refractivity contribution is 0.0993. The van der Waals surface area contributed by atoms with Crippen molar-refractivity contribution < 1.29 is 19.1 Å². The van der Waals surface area contributed by atoms with Gasteiger partial charge in [-0.25, -0.2) is 9.18 Å². The Hall–Kier alpha value is -3.43. The van der Waals surface area contributed by atoms with Crippen LogP contribution in [0, 0.1) is 5.82 Å². The highest BCUT2D eigenvalue weighted by molar-refractivity contribution is 6.01. The summed E-state index contributed by atoms with van der Waals surface area (Å²) in [5, 5.41) is 18.0. The lowest BCUT2D eigenvalue weighted by Gasteiger charge is -2.25. The molecule has 0 bridgehead atoms. The van der Waals surface area contributed by atoms with Crippen LogP contribution in [0.1, 0.15) is 16.1 Å². The third kappa shape index (κ3) is 2.30. The molecule has 3 heterocycles. The Kier molecular flexibility index (Phi) is 3.43. The van der Waals surface area contributed by atoms with Gasteiger partial charge in [0.05, 0.1) is 41.4 Å². The fraction of sp³-hybridized carbons (Fsp3) is 0.250. The number of primary amides is 1. The third-order valence-electron chi connectivity index (χ3n) is 4.59. The number of hydrogen-bond acceptors (Lipinski definition) is 4. The molecule has 1 aliphatic rings. The molecule has 134 valence electrons. The number of halogens is 1. The molecular weight excluding hydrogens is 343 g/mol. The van der Waals surface area contributed by atoms with Gasteiger partial charge in [0.15, 0.2) is 0 Å². The van der Waals surface area contributed by atoms with Crippen LogP contribution in [0.15, 0.2) is 18.3 Å². The first-order chi connectivity index (χ1) is 12.4. The Bertz CT molecular complexity index is 1070. The molecule has 4 rings (SSSR count).